The molecule has 0 bridgehead atoms. The van der Waals surface area contributed by atoms with E-state index in [0.717, 1.165) is 36.1 Å². The summed E-state index contributed by atoms with van der Waals surface area (Å²) in [5.41, 5.74) is 1.73. The van der Waals surface area contributed by atoms with Crippen molar-refractivity contribution < 1.29 is 27.9 Å². The SMILES string of the molecule is CCN(Cc1cc(C)ccc1-c1cc([C@H](C)C(=O)O)cc(C(F)(F)F)c1)C(=O)C1CC1. The van der Waals surface area contributed by atoms with Crippen LogP contribution in [0.4, 0.5) is 13.2 Å². The molecule has 1 fully saturated rings. The normalized spacial score (nSPS) is 14.9. The lowest BCUT2D eigenvalue weighted by atomic mass is 9.91. The van der Waals surface area contributed by atoms with Gasteiger partial charge in [-0.1, -0.05) is 29.8 Å². The number of hydrogen-bond donors (Lipinski definition) is 1. The van der Waals surface area contributed by atoms with Crippen molar-refractivity contribution in [2.75, 3.05) is 6.54 Å². The molecule has 31 heavy (non-hydrogen) atoms. The van der Waals surface area contributed by atoms with Gasteiger partial charge in [0.2, 0.25) is 5.91 Å². The Morgan fingerprint density at radius 3 is 2.39 bits per heavy atom. The average Bonchev–Trinajstić information content (AvgIpc) is 3.55. The molecule has 1 aliphatic carbocycles. The minimum absolute atomic E-state index is 0.0461. The molecule has 1 aliphatic rings. The molecule has 2 aromatic carbocycles. The fourth-order valence-corrected chi connectivity index (χ4v) is 3.64. The van der Waals surface area contributed by atoms with Crippen molar-refractivity contribution in [3.05, 3.63) is 58.7 Å². The predicted octanol–water partition coefficient (Wildman–Crippen LogP) is 5.63. The third-order valence-electron chi connectivity index (χ3n) is 5.71. The Labute approximate surface area is 179 Å². The van der Waals surface area contributed by atoms with Crippen LogP contribution in [0.5, 0.6) is 0 Å². The zero-order chi connectivity index (χ0) is 22.9. The second kappa shape index (κ2) is 8.73. The van der Waals surface area contributed by atoms with Crippen LogP contribution >= 0.6 is 0 Å². The largest absolute Gasteiger partial charge is 0.481 e. The van der Waals surface area contributed by atoms with Crippen LogP contribution in [0.25, 0.3) is 11.1 Å². The van der Waals surface area contributed by atoms with Crippen molar-refractivity contribution in [2.45, 2.75) is 52.3 Å². The number of alkyl halides is 3. The molecule has 4 nitrogen and oxygen atoms in total. The van der Waals surface area contributed by atoms with Crippen molar-refractivity contribution in [1.82, 2.24) is 4.90 Å². The van der Waals surface area contributed by atoms with Crippen molar-refractivity contribution >= 4 is 11.9 Å². The van der Waals surface area contributed by atoms with Gasteiger partial charge < -0.3 is 10.0 Å². The maximum atomic E-state index is 13.6. The molecule has 2 aromatic rings. The van der Waals surface area contributed by atoms with Crippen molar-refractivity contribution in [2.24, 2.45) is 5.92 Å². The number of aliphatic carboxylic acids is 1. The van der Waals surface area contributed by atoms with Gasteiger partial charge in [-0.3, -0.25) is 9.59 Å². The molecule has 0 aromatic heterocycles. The summed E-state index contributed by atoms with van der Waals surface area (Å²) in [6.45, 7) is 5.93. The molecule has 0 saturated heterocycles. The van der Waals surface area contributed by atoms with E-state index < -0.39 is 23.6 Å². The second-order valence-electron chi connectivity index (χ2n) is 8.19. The van der Waals surface area contributed by atoms with Gasteiger partial charge in [-0.25, -0.2) is 0 Å². The highest BCUT2D eigenvalue weighted by Crippen LogP contribution is 2.37. The third-order valence-corrected chi connectivity index (χ3v) is 5.71. The van der Waals surface area contributed by atoms with Gasteiger partial charge in [0.25, 0.3) is 0 Å². The average molecular weight is 433 g/mol. The van der Waals surface area contributed by atoms with Gasteiger partial charge in [-0.05, 0) is 68.0 Å². The van der Waals surface area contributed by atoms with Crippen molar-refractivity contribution in [1.29, 1.82) is 0 Å². The minimum Gasteiger partial charge on any atom is -0.481 e. The van der Waals surface area contributed by atoms with E-state index in [2.05, 4.69) is 0 Å². The number of carbonyl (C=O) groups is 2. The van der Waals surface area contributed by atoms with Crippen molar-refractivity contribution in [3.63, 3.8) is 0 Å². The number of halogens is 3. The lowest BCUT2D eigenvalue weighted by Gasteiger charge is -2.23. The number of aryl methyl sites for hydroxylation is 1. The standard InChI is InChI=1S/C24H26F3NO3/c1-4-28(22(29)16-6-7-16)13-19-9-14(2)5-8-21(19)18-10-17(15(3)23(30)31)11-20(12-18)24(25,26)27/h5,8-12,15-16H,4,6-7,13H2,1-3H3,(H,30,31)/t15-/m0/s1. The maximum Gasteiger partial charge on any atom is 0.416 e. The summed E-state index contributed by atoms with van der Waals surface area (Å²) in [4.78, 5) is 25.7. The summed E-state index contributed by atoms with van der Waals surface area (Å²) in [6, 6.07) is 8.86. The van der Waals surface area contributed by atoms with E-state index in [0.29, 0.717) is 24.2 Å². The molecule has 166 valence electrons. The summed E-state index contributed by atoms with van der Waals surface area (Å²) in [5, 5.41) is 9.33. The number of nitrogens with zero attached hydrogens (tertiary/aromatic N) is 1. The highest BCUT2D eigenvalue weighted by molar-refractivity contribution is 5.81. The van der Waals surface area contributed by atoms with Crippen LogP contribution < -0.4 is 0 Å². The molecule has 1 saturated carbocycles. The van der Waals surface area contributed by atoms with Gasteiger partial charge >= 0.3 is 12.1 Å². The summed E-state index contributed by atoms with van der Waals surface area (Å²) >= 11 is 0. The fourth-order valence-electron chi connectivity index (χ4n) is 3.64. The Balaban J connectivity index is 2.10. The highest BCUT2D eigenvalue weighted by atomic mass is 19.4. The first kappa shape index (κ1) is 22.8. The van der Waals surface area contributed by atoms with E-state index >= 15 is 0 Å². The summed E-state index contributed by atoms with van der Waals surface area (Å²) in [6.07, 6.45) is -2.86. The molecule has 0 radical (unpaired) electrons. The zero-order valence-corrected chi connectivity index (χ0v) is 17.8. The Morgan fingerprint density at radius 1 is 1.16 bits per heavy atom. The number of carbonyl (C=O) groups excluding carboxylic acids is 1. The number of amides is 1. The van der Waals surface area contributed by atoms with Gasteiger partial charge in [0, 0.05) is 19.0 Å². The molecule has 1 atom stereocenters. The molecule has 3 rings (SSSR count). The predicted molar refractivity (Wildman–Crippen MR) is 111 cm³/mol. The lowest BCUT2D eigenvalue weighted by Crippen LogP contribution is -2.31. The molecule has 0 spiro atoms. The zero-order valence-electron chi connectivity index (χ0n) is 17.8. The van der Waals surface area contributed by atoms with E-state index in [-0.39, 0.29) is 17.4 Å². The summed E-state index contributed by atoms with van der Waals surface area (Å²) in [7, 11) is 0. The van der Waals surface area contributed by atoms with E-state index in [1.807, 2.05) is 19.9 Å². The first-order valence-corrected chi connectivity index (χ1v) is 10.3. The molecular weight excluding hydrogens is 407 g/mol. The monoisotopic (exact) mass is 433 g/mol. The van der Waals surface area contributed by atoms with Gasteiger partial charge in [-0.2, -0.15) is 13.2 Å². The van der Waals surface area contributed by atoms with E-state index in [4.69, 9.17) is 0 Å². The lowest BCUT2D eigenvalue weighted by molar-refractivity contribution is -0.139. The molecule has 7 heteroatoms. The Bertz CT molecular complexity index is 996. The molecule has 1 N–H and O–H groups in total. The number of benzene rings is 2. The van der Waals surface area contributed by atoms with E-state index in [1.54, 1.807) is 17.0 Å². The Morgan fingerprint density at radius 2 is 1.84 bits per heavy atom. The number of carboxylic acid groups (broad SMARTS) is 1. The highest BCUT2D eigenvalue weighted by Gasteiger charge is 2.34. The van der Waals surface area contributed by atoms with Crippen LogP contribution in [0.3, 0.4) is 0 Å². The van der Waals surface area contributed by atoms with Crippen LogP contribution in [0.2, 0.25) is 0 Å². The van der Waals surface area contributed by atoms with Crippen LogP contribution in [0.1, 0.15) is 54.9 Å². The van der Waals surface area contributed by atoms with Crippen molar-refractivity contribution in [3.8, 4) is 11.1 Å². The first-order valence-electron chi connectivity index (χ1n) is 10.3. The van der Waals surface area contributed by atoms with Crippen LogP contribution in [0.15, 0.2) is 36.4 Å². The van der Waals surface area contributed by atoms with E-state index in [9.17, 15) is 27.9 Å². The number of hydrogen-bond acceptors (Lipinski definition) is 2. The van der Waals surface area contributed by atoms with Gasteiger partial charge in [0.15, 0.2) is 0 Å². The first-order chi connectivity index (χ1) is 14.5. The van der Waals surface area contributed by atoms with Gasteiger partial charge in [-0.15, -0.1) is 0 Å². The van der Waals surface area contributed by atoms with E-state index in [1.165, 1.54) is 13.0 Å². The second-order valence-corrected chi connectivity index (χ2v) is 8.19. The summed E-state index contributed by atoms with van der Waals surface area (Å²) in [5.74, 6) is -2.16. The summed E-state index contributed by atoms with van der Waals surface area (Å²) < 4.78 is 40.7. The van der Waals surface area contributed by atoms with Crippen LogP contribution in [-0.4, -0.2) is 28.4 Å². The maximum absolute atomic E-state index is 13.6. The number of carboxylic acids is 1. The molecule has 0 heterocycles. The molecule has 1 amide bonds. The molecule has 0 unspecified atom stereocenters. The Hall–Kier alpha value is -2.83. The number of rotatable bonds is 7. The third kappa shape index (κ3) is 5.27. The van der Waals surface area contributed by atoms with Crippen LogP contribution in [-0.2, 0) is 22.3 Å². The quantitative estimate of drug-likeness (QED) is 0.616. The van der Waals surface area contributed by atoms with Gasteiger partial charge in [0.1, 0.15) is 0 Å². The topological polar surface area (TPSA) is 57.6 Å². The smallest absolute Gasteiger partial charge is 0.416 e. The Kier molecular flexibility index (Phi) is 6.43. The molecular formula is C24H26F3NO3. The minimum atomic E-state index is -4.61. The van der Waals surface area contributed by atoms with Gasteiger partial charge in [0.05, 0.1) is 11.5 Å². The van der Waals surface area contributed by atoms with Crippen LogP contribution in [0, 0.1) is 12.8 Å². The fraction of sp³-hybridized carbons (Fsp3) is 0.417. The molecule has 0 aliphatic heterocycles.